The van der Waals surface area contributed by atoms with E-state index in [9.17, 15) is 13.2 Å². The topological polar surface area (TPSA) is 62.4 Å². The van der Waals surface area contributed by atoms with Gasteiger partial charge in [-0.05, 0) is 92.7 Å². The lowest BCUT2D eigenvalue weighted by Crippen LogP contribution is -2.49. The molecular formula is C26H26F3N3O2. The van der Waals surface area contributed by atoms with Crippen LogP contribution in [0.1, 0.15) is 44.2 Å². The highest BCUT2D eigenvalue weighted by atomic mass is 19.4. The fourth-order valence-corrected chi connectivity index (χ4v) is 6.54. The minimum absolute atomic E-state index is 0.0281. The Hall–Kier alpha value is -3.16. The Bertz CT molecular complexity index is 1140. The van der Waals surface area contributed by atoms with Crippen LogP contribution in [-0.2, 0) is 0 Å². The number of aromatic nitrogens is 2. The van der Waals surface area contributed by atoms with Gasteiger partial charge in [-0.15, -0.1) is 13.2 Å². The van der Waals surface area contributed by atoms with Crippen LogP contribution in [0, 0.1) is 17.8 Å². The molecule has 0 saturated heterocycles. The number of nitrogens with one attached hydrogen (secondary N) is 2. The number of hydrogen-bond acceptors (Lipinski definition) is 3. The number of alkyl halides is 3. The summed E-state index contributed by atoms with van der Waals surface area (Å²) in [4.78, 5) is 11.7. The molecule has 0 radical (unpaired) electrons. The van der Waals surface area contributed by atoms with E-state index in [-0.39, 0.29) is 11.3 Å². The van der Waals surface area contributed by atoms with Gasteiger partial charge in [-0.2, -0.15) is 0 Å². The number of rotatable bonds is 6. The van der Waals surface area contributed by atoms with Crippen LogP contribution in [0.2, 0.25) is 0 Å². The van der Waals surface area contributed by atoms with Crippen molar-refractivity contribution in [3.63, 3.8) is 0 Å². The van der Waals surface area contributed by atoms with Gasteiger partial charge in [0, 0.05) is 18.5 Å². The molecule has 2 heterocycles. The predicted molar refractivity (Wildman–Crippen MR) is 122 cm³/mol. The molecule has 4 fully saturated rings. The van der Waals surface area contributed by atoms with Gasteiger partial charge >= 0.3 is 6.36 Å². The first-order valence-corrected chi connectivity index (χ1v) is 11.8. The third-order valence-electron chi connectivity index (χ3n) is 7.46. The molecule has 4 saturated carbocycles. The van der Waals surface area contributed by atoms with Crippen molar-refractivity contribution in [1.29, 1.82) is 0 Å². The smallest absolute Gasteiger partial charge is 0.455 e. The van der Waals surface area contributed by atoms with E-state index in [1.54, 1.807) is 0 Å². The number of ether oxygens (including phenoxy) is 2. The van der Waals surface area contributed by atoms with Crippen molar-refractivity contribution >= 4 is 6.21 Å². The molecule has 0 atom stereocenters. The number of benzene rings is 1. The standard InChI is InChI=1S/C26H26F3N3O2/c27-26(28,29)34-20-5-3-19(4-6-20)33-24-11-22(21-2-1-7-30-21)32-23(24)15-31-25-12-16-8-17(13-25)10-18(9-16)14-25/h1-7,11,15-18,30,32H,8-10,12-14H2. The largest absolute Gasteiger partial charge is 0.573 e. The van der Waals surface area contributed by atoms with E-state index in [2.05, 4.69) is 14.7 Å². The van der Waals surface area contributed by atoms with Gasteiger partial charge in [-0.1, -0.05) is 0 Å². The molecule has 4 bridgehead atoms. The second-order valence-corrected chi connectivity index (χ2v) is 10.1. The molecule has 4 aliphatic rings. The van der Waals surface area contributed by atoms with Gasteiger partial charge in [0.2, 0.25) is 0 Å². The summed E-state index contributed by atoms with van der Waals surface area (Å²) >= 11 is 0. The first-order chi connectivity index (χ1) is 16.3. The fraction of sp³-hybridized carbons (Fsp3) is 0.423. The number of aromatic amines is 2. The van der Waals surface area contributed by atoms with E-state index in [1.807, 2.05) is 30.6 Å². The number of nitrogens with zero attached hydrogens (tertiary/aromatic N) is 1. The summed E-state index contributed by atoms with van der Waals surface area (Å²) in [6.45, 7) is 0. The Morgan fingerprint density at radius 3 is 2.15 bits per heavy atom. The van der Waals surface area contributed by atoms with Gasteiger partial charge in [0.1, 0.15) is 17.2 Å². The van der Waals surface area contributed by atoms with Crippen molar-refractivity contribution in [2.75, 3.05) is 0 Å². The molecule has 1 aromatic carbocycles. The SMILES string of the molecule is FC(F)(F)Oc1ccc(Oc2cc(-c3ccc[nH]3)[nH]c2C=NC23CC4CC(CC(C4)C2)C3)cc1. The summed E-state index contributed by atoms with van der Waals surface area (Å²) in [7, 11) is 0. The Labute approximate surface area is 195 Å². The molecule has 2 aromatic heterocycles. The van der Waals surface area contributed by atoms with E-state index < -0.39 is 6.36 Å². The molecule has 178 valence electrons. The second-order valence-electron chi connectivity index (χ2n) is 10.1. The van der Waals surface area contributed by atoms with Crippen molar-refractivity contribution in [3.05, 3.63) is 54.4 Å². The van der Waals surface area contributed by atoms with Gasteiger partial charge in [0.25, 0.3) is 0 Å². The summed E-state index contributed by atoms with van der Waals surface area (Å²) in [5.41, 5.74) is 2.54. The van der Waals surface area contributed by atoms with E-state index in [4.69, 9.17) is 9.73 Å². The zero-order chi connectivity index (χ0) is 23.3. The molecule has 0 unspecified atom stereocenters. The van der Waals surface area contributed by atoms with E-state index >= 15 is 0 Å². The summed E-state index contributed by atoms with van der Waals surface area (Å²) in [6, 6.07) is 11.2. The lowest BCUT2D eigenvalue weighted by atomic mass is 9.53. The first kappa shape index (κ1) is 21.4. The highest BCUT2D eigenvalue weighted by Crippen LogP contribution is 2.57. The molecule has 8 heteroatoms. The highest BCUT2D eigenvalue weighted by Gasteiger charge is 2.50. The molecule has 4 aliphatic carbocycles. The monoisotopic (exact) mass is 469 g/mol. The predicted octanol–water partition coefficient (Wildman–Crippen LogP) is 7.09. The molecule has 5 nitrogen and oxygen atoms in total. The van der Waals surface area contributed by atoms with Crippen molar-refractivity contribution in [2.24, 2.45) is 22.7 Å². The average Bonchev–Trinajstić information content (AvgIpc) is 3.42. The minimum atomic E-state index is -4.73. The van der Waals surface area contributed by atoms with Gasteiger partial charge in [0.15, 0.2) is 5.75 Å². The Kier molecular flexibility index (Phi) is 5.00. The summed E-state index contributed by atoms with van der Waals surface area (Å²) in [5.74, 6) is 3.10. The lowest BCUT2D eigenvalue weighted by Gasteiger charge is -2.54. The van der Waals surface area contributed by atoms with Crippen molar-refractivity contribution < 1.29 is 22.6 Å². The average molecular weight is 470 g/mol. The number of hydrogen-bond donors (Lipinski definition) is 2. The Morgan fingerprint density at radius 2 is 1.56 bits per heavy atom. The first-order valence-electron chi connectivity index (χ1n) is 11.8. The molecule has 3 aromatic rings. The second kappa shape index (κ2) is 7.96. The van der Waals surface area contributed by atoms with Crippen LogP contribution >= 0.6 is 0 Å². The van der Waals surface area contributed by atoms with E-state index in [0.29, 0.717) is 11.5 Å². The van der Waals surface area contributed by atoms with Crippen molar-refractivity contribution in [1.82, 2.24) is 9.97 Å². The Balaban J connectivity index is 1.27. The molecule has 7 rings (SSSR count). The molecule has 0 amide bonds. The summed E-state index contributed by atoms with van der Waals surface area (Å²) in [5, 5.41) is 0. The fourth-order valence-electron chi connectivity index (χ4n) is 6.54. The molecule has 0 aliphatic heterocycles. The van der Waals surface area contributed by atoms with Crippen molar-refractivity contribution in [2.45, 2.75) is 50.4 Å². The van der Waals surface area contributed by atoms with Crippen molar-refractivity contribution in [3.8, 4) is 28.6 Å². The lowest BCUT2D eigenvalue weighted by molar-refractivity contribution is -0.274. The minimum Gasteiger partial charge on any atom is -0.455 e. The quantitative estimate of drug-likeness (QED) is 0.379. The number of H-pyrrole nitrogens is 2. The number of aliphatic imine (C=N–C) groups is 1. The van der Waals surface area contributed by atoms with Crippen LogP contribution in [0.5, 0.6) is 17.2 Å². The summed E-state index contributed by atoms with van der Waals surface area (Å²) in [6.07, 6.45) is 6.58. The molecular weight excluding hydrogens is 443 g/mol. The maximum absolute atomic E-state index is 12.5. The molecule has 0 spiro atoms. The van der Waals surface area contributed by atoms with E-state index in [0.717, 1.165) is 54.1 Å². The molecule has 34 heavy (non-hydrogen) atoms. The molecule has 2 N–H and O–H groups in total. The van der Waals surface area contributed by atoms with E-state index in [1.165, 1.54) is 43.5 Å². The van der Waals surface area contributed by atoms with Crippen LogP contribution < -0.4 is 9.47 Å². The summed E-state index contributed by atoms with van der Waals surface area (Å²) < 4.78 is 47.4. The van der Waals surface area contributed by atoms with Gasteiger partial charge in [0.05, 0.1) is 16.9 Å². The maximum Gasteiger partial charge on any atom is 0.573 e. The van der Waals surface area contributed by atoms with Gasteiger partial charge in [-0.3, -0.25) is 4.99 Å². The third kappa shape index (κ3) is 4.33. The van der Waals surface area contributed by atoms with Crippen LogP contribution in [0.15, 0.2) is 53.7 Å². The third-order valence-corrected chi connectivity index (χ3v) is 7.46. The zero-order valence-electron chi connectivity index (χ0n) is 18.6. The number of halogens is 3. The normalized spacial score (nSPS) is 28.0. The van der Waals surface area contributed by atoms with Crippen LogP contribution in [-0.4, -0.2) is 28.1 Å². The van der Waals surface area contributed by atoms with Crippen LogP contribution in [0.4, 0.5) is 13.2 Å². The highest BCUT2D eigenvalue weighted by molar-refractivity contribution is 5.84. The van der Waals surface area contributed by atoms with Crippen LogP contribution in [0.25, 0.3) is 11.4 Å². The Morgan fingerprint density at radius 1 is 0.912 bits per heavy atom. The van der Waals surface area contributed by atoms with Gasteiger partial charge < -0.3 is 19.4 Å². The van der Waals surface area contributed by atoms with Gasteiger partial charge in [-0.25, -0.2) is 0 Å². The zero-order valence-corrected chi connectivity index (χ0v) is 18.6. The van der Waals surface area contributed by atoms with Crippen LogP contribution in [0.3, 0.4) is 0 Å². The maximum atomic E-state index is 12.5.